The molecule has 1 amide bonds. The first-order chi connectivity index (χ1) is 12.6. The van der Waals surface area contributed by atoms with Crippen molar-refractivity contribution in [3.05, 3.63) is 59.2 Å². The zero-order chi connectivity index (χ0) is 18.4. The summed E-state index contributed by atoms with van der Waals surface area (Å²) in [6, 6.07) is 8.37. The van der Waals surface area contributed by atoms with Crippen molar-refractivity contribution < 1.29 is 9.53 Å². The fourth-order valence-corrected chi connectivity index (χ4v) is 3.02. The van der Waals surface area contributed by atoms with Gasteiger partial charge in [0.25, 0.3) is 0 Å². The normalized spacial score (nSPS) is 15.5. The van der Waals surface area contributed by atoms with Crippen molar-refractivity contribution in [2.45, 2.75) is 26.4 Å². The van der Waals surface area contributed by atoms with Gasteiger partial charge in [-0.05, 0) is 12.5 Å². The summed E-state index contributed by atoms with van der Waals surface area (Å²) in [5, 5.41) is 0. The first-order valence-corrected chi connectivity index (χ1v) is 8.98. The molecule has 1 aromatic heterocycles. The second-order valence-corrected chi connectivity index (χ2v) is 6.76. The van der Waals surface area contributed by atoms with Gasteiger partial charge in [-0.25, -0.2) is 9.97 Å². The summed E-state index contributed by atoms with van der Waals surface area (Å²) >= 11 is 0. The van der Waals surface area contributed by atoms with Crippen LogP contribution in [0.3, 0.4) is 0 Å². The number of ether oxygens (including phenoxy) is 1. The average molecular weight is 354 g/mol. The van der Waals surface area contributed by atoms with Crippen molar-refractivity contribution in [2.75, 3.05) is 33.4 Å². The van der Waals surface area contributed by atoms with E-state index >= 15 is 0 Å². The smallest absolute Gasteiger partial charge is 0.237 e. The Morgan fingerprint density at radius 3 is 2.42 bits per heavy atom. The Kier molecular flexibility index (Phi) is 6.30. The van der Waals surface area contributed by atoms with E-state index in [1.807, 2.05) is 17.3 Å². The highest BCUT2D eigenvalue weighted by molar-refractivity contribution is 5.79. The summed E-state index contributed by atoms with van der Waals surface area (Å²) in [7, 11) is 1.67. The van der Waals surface area contributed by atoms with Gasteiger partial charge in [0, 0.05) is 57.7 Å². The van der Waals surface area contributed by atoms with Gasteiger partial charge in [-0.1, -0.05) is 29.8 Å². The highest BCUT2D eigenvalue weighted by Gasteiger charge is 2.24. The minimum Gasteiger partial charge on any atom is -0.384 e. The molecular formula is C20H26N4O2. The molecule has 0 aliphatic carbocycles. The summed E-state index contributed by atoms with van der Waals surface area (Å²) in [5.41, 5.74) is 3.45. The Morgan fingerprint density at radius 2 is 1.77 bits per heavy atom. The standard InChI is InChI=1S/C20H26N4O2/c1-16-3-5-17(6-4-16)14-24-9-8-23(15-20(24)25)13-18-11-21-19(22-12-18)7-10-26-2/h3-6,11-12H,7-10,13-15H2,1-2H3. The summed E-state index contributed by atoms with van der Waals surface area (Å²) in [6.45, 7) is 6.14. The van der Waals surface area contributed by atoms with Crippen LogP contribution in [-0.4, -0.2) is 59.0 Å². The van der Waals surface area contributed by atoms with Crippen LogP contribution in [0.1, 0.15) is 22.5 Å². The van der Waals surface area contributed by atoms with E-state index in [0.717, 1.165) is 24.5 Å². The third-order valence-electron chi connectivity index (χ3n) is 4.59. The maximum atomic E-state index is 12.5. The first-order valence-electron chi connectivity index (χ1n) is 8.98. The van der Waals surface area contributed by atoms with Gasteiger partial charge < -0.3 is 9.64 Å². The van der Waals surface area contributed by atoms with E-state index < -0.39 is 0 Å². The van der Waals surface area contributed by atoms with Gasteiger partial charge in [-0.2, -0.15) is 0 Å². The summed E-state index contributed by atoms with van der Waals surface area (Å²) in [5.74, 6) is 0.962. The highest BCUT2D eigenvalue weighted by Crippen LogP contribution is 2.13. The molecule has 0 saturated carbocycles. The fourth-order valence-electron chi connectivity index (χ4n) is 3.02. The molecule has 0 bridgehead atoms. The lowest BCUT2D eigenvalue weighted by Gasteiger charge is -2.34. The SMILES string of the molecule is COCCc1ncc(CN2CCN(Cc3ccc(C)cc3)C(=O)C2)cn1. The summed E-state index contributed by atoms with van der Waals surface area (Å²) in [4.78, 5) is 25.3. The van der Waals surface area contributed by atoms with Crippen molar-refractivity contribution in [2.24, 2.45) is 0 Å². The van der Waals surface area contributed by atoms with Crippen molar-refractivity contribution in [3.63, 3.8) is 0 Å². The van der Waals surface area contributed by atoms with Crippen LogP contribution in [-0.2, 0) is 29.0 Å². The number of hydrogen-bond donors (Lipinski definition) is 0. The Bertz CT molecular complexity index is 716. The molecule has 1 aliphatic heterocycles. The van der Waals surface area contributed by atoms with Crippen molar-refractivity contribution in [1.82, 2.24) is 19.8 Å². The number of nitrogens with zero attached hydrogens (tertiary/aromatic N) is 4. The molecule has 0 atom stereocenters. The Labute approximate surface area is 154 Å². The lowest BCUT2D eigenvalue weighted by Crippen LogP contribution is -2.49. The molecule has 0 N–H and O–H groups in total. The van der Waals surface area contributed by atoms with E-state index in [9.17, 15) is 4.79 Å². The molecule has 1 saturated heterocycles. The van der Waals surface area contributed by atoms with E-state index in [-0.39, 0.29) is 5.91 Å². The number of hydrogen-bond acceptors (Lipinski definition) is 5. The van der Waals surface area contributed by atoms with Gasteiger partial charge in [-0.15, -0.1) is 0 Å². The van der Waals surface area contributed by atoms with E-state index in [0.29, 0.717) is 32.7 Å². The maximum Gasteiger partial charge on any atom is 0.237 e. The molecule has 0 spiro atoms. The molecule has 3 rings (SSSR count). The number of piperazine rings is 1. The molecule has 1 aromatic carbocycles. The summed E-state index contributed by atoms with van der Waals surface area (Å²) in [6.07, 6.45) is 4.41. The maximum absolute atomic E-state index is 12.5. The van der Waals surface area contributed by atoms with Gasteiger partial charge in [0.2, 0.25) is 5.91 Å². The minimum atomic E-state index is 0.175. The van der Waals surface area contributed by atoms with Gasteiger partial charge in [0.05, 0.1) is 13.2 Å². The molecular weight excluding hydrogens is 328 g/mol. The molecule has 6 heteroatoms. The molecule has 1 fully saturated rings. The van der Waals surface area contributed by atoms with Crippen LogP contribution < -0.4 is 0 Å². The monoisotopic (exact) mass is 354 g/mol. The number of carbonyl (C=O) groups is 1. The van der Waals surface area contributed by atoms with Crippen molar-refractivity contribution in [1.29, 1.82) is 0 Å². The van der Waals surface area contributed by atoms with Crippen LogP contribution in [0, 0.1) is 6.92 Å². The van der Waals surface area contributed by atoms with E-state index in [1.165, 1.54) is 11.1 Å². The third-order valence-corrected chi connectivity index (χ3v) is 4.59. The number of amides is 1. The lowest BCUT2D eigenvalue weighted by atomic mass is 10.1. The predicted octanol–water partition coefficient (Wildman–Crippen LogP) is 1.82. The lowest BCUT2D eigenvalue weighted by molar-refractivity contribution is -0.136. The van der Waals surface area contributed by atoms with Crippen LogP contribution in [0.4, 0.5) is 0 Å². The Morgan fingerprint density at radius 1 is 1.04 bits per heavy atom. The van der Waals surface area contributed by atoms with Crippen LogP contribution in [0.25, 0.3) is 0 Å². The highest BCUT2D eigenvalue weighted by atomic mass is 16.5. The van der Waals surface area contributed by atoms with Crippen molar-refractivity contribution in [3.8, 4) is 0 Å². The first kappa shape index (κ1) is 18.5. The Balaban J connectivity index is 1.50. The predicted molar refractivity (Wildman–Crippen MR) is 99.5 cm³/mol. The zero-order valence-electron chi connectivity index (χ0n) is 15.5. The average Bonchev–Trinajstić information content (AvgIpc) is 2.65. The van der Waals surface area contributed by atoms with E-state index in [2.05, 4.69) is 46.1 Å². The second kappa shape index (κ2) is 8.87. The third kappa shape index (κ3) is 5.09. The largest absolute Gasteiger partial charge is 0.384 e. The number of aryl methyl sites for hydroxylation is 1. The molecule has 0 unspecified atom stereocenters. The number of rotatable bonds is 7. The molecule has 26 heavy (non-hydrogen) atoms. The number of benzene rings is 1. The number of aromatic nitrogens is 2. The van der Waals surface area contributed by atoms with Gasteiger partial charge in [0.1, 0.15) is 5.82 Å². The Hall–Kier alpha value is -2.31. The van der Waals surface area contributed by atoms with E-state index in [1.54, 1.807) is 7.11 Å². The molecule has 138 valence electrons. The van der Waals surface area contributed by atoms with Crippen molar-refractivity contribution >= 4 is 5.91 Å². The van der Waals surface area contributed by atoms with Crippen LogP contribution in [0.15, 0.2) is 36.7 Å². The van der Waals surface area contributed by atoms with Gasteiger partial charge in [0.15, 0.2) is 0 Å². The quantitative estimate of drug-likeness (QED) is 0.759. The van der Waals surface area contributed by atoms with E-state index in [4.69, 9.17) is 4.74 Å². The van der Waals surface area contributed by atoms with Crippen LogP contribution >= 0.6 is 0 Å². The number of methoxy groups -OCH3 is 1. The van der Waals surface area contributed by atoms with Crippen LogP contribution in [0.2, 0.25) is 0 Å². The second-order valence-electron chi connectivity index (χ2n) is 6.76. The molecule has 6 nitrogen and oxygen atoms in total. The van der Waals surface area contributed by atoms with Gasteiger partial charge >= 0.3 is 0 Å². The number of carbonyl (C=O) groups excluding carboxylic acids is 1. The zero-order valence-corrected chi connectivity index (χ0v) is 15.5. The van der Waals surface area contributed by atoms with Crippen LogP contribution in [0.5, 0.6) is 0 Å². The molecule has 1 aliphatic rings. The molecule has 2 aromatic rings. The molecule has 0 radical (unpaired) electrons. The summed E-state index contributed by atoms with van der Waals surface area (Å²) < 4.78 is 5.04. The fraction of sp³-hybridized carbons (Fsp3) is 0.450. The van der Waals surface area contributed by atoms with Gasteiger partial charge in [-0.3, -0.25) is 9.69 Å². The minimum absolute atomic E-state index is 0.175. The molecule has 2 heterocycles. The topological polar surface area (TPSA) is 58.6 Å².